The van der Waals surface area contributed by atoms with Crippen LogP contribution in [0.5, 0.6) is 0 Å². The zero-order chi connectivity index (χ0) is 26.3. The fourth-order valence-corrected chi connectivity index (χ4v) is 4.75. The Bertz CT molecular complexity index is 1490. The summed E-state index contributed by atoms with van der Waals surface area (Å²) in [7, 11) is 2.16. The maximum Gasteiger partial charge on any atom is 0.278 e. The molecule has 0 atom stereocenters. The summed E-state index contributed by atoms with van der Waals surface area (Å²) in [4.78, 5) is 31.7. The molecule has 0 unspecified atom stereocenters. The van der Waals surface area contributed by atoms with Gasteiger partial charge in [0, 0.05) is 50.3 Å². The molecule has 4 aromatic rings. The molecule has 10 nitrogen and oxygen atoms in total. The first-order valence-electron chi connectivity index (χ1n) is 12.7. The van der Waals surface area contributed by atoms with E-state index in [1.807, 2.05) is 19.1 Å². The van der Waals surface area contributed by atoms with Gasteiger partial charge in [0.05, 0.1) is 5.69 Å². The van der Waals surface area contributed by atoms with Gasteiger partial charge in [-0.25, -0.2) is 19.3 Å². The van der Waals surface area contributed by atoms with Crippen molar-refractivity contribution < 1.29 is 5.11 Å². The number of anilines is 3. The van der Waals surface area contributed by atoms with Gasteiger partial charge in [-0.1, -0.05) is 6.07 Å². The first-order valence-corrected chi connectivity index (χ1v) is 12.7. The largest absolute Gasteiger partial charge is 0.384 e. The maximum absolute atomic E-state index is 13.1. The zero-order valence-corrected chi connectivity index (χ0v) is 22.1. The van der Waals surface area contributed by atoms with E-state index >= 15 is 0 Å². The minimum Gasteiger partial charge on any atom is -0.384 e. The molecule has 0 saturated carbocycles. The molecule has 0 amide bonds. The number of aromatic nitrogens is 5. The summed E-state index contributed by atoms with van der Waals surface area (Å²) < 4.78 is 3.27. The van der Waals surface area contributed by atoms with Crippen LogP contribution in [0.4, 0.5) is 17.3 Å². The summed E-state index contributed by atoms with van der Waals surface area (Å²) in [5.41, 5.74) is 2.94. The zero-order valence-electron chi connectivity index (χ0n) is 22.1. The van der Waals surface area contributed by atoms with Gasteiger partial charge in [0.25, 0.3) is 5.56 Å². The lowest BCUT2D eigenvalue weighted by Gasteiger charge is -2.35. The fraction of sp³-hybridized carbons (Fsp3) is 0.407. The van der Waals surface area contributed by atoms with Crippen molar-refractivity contribution in [3.8, 4) is 5.82 Å². The summed E-state index contributed by atoms with van der Waals surface area (Å²) >= 11 is 0. The summed E-state index contributed by atoms with van der Waals surface area (Å²) in [5.74, 6) is 0.894. The highest BCUT2D eigenvalue weighted by molar-refractivity contribution is 5.77. The van der Waals surface area contributed by atoms with Crippen molar-refractivity contribution in [3.05, 3.63) is 64.2 Å². The first kappa shape index (κ1) is 24.9. The van der Waals surface area contributed by atoms with E-state index in [4.69, 9.17) is 4.98 Å². The molecule has 37 heavy (non-hydrogen) atoms. The molecule has 0 radical (unpaired) electrons. The van der Waals surface area contributed by atoms with Gasteiger partial charge in [-0.3, -0.25) is 4.79 Å². The molecule has 10 heteroatoms. The molecule has 3 aromatic heterocycles. The topological polar surface area (TPSA) is 104 Å². The number of fused-ring (bicyclic) bond motifs is 1. The third kappa shape index (κ3) is 4.82. The van der Waals surface area contributed by atoms with E-state index < -0.39 is 5.60 Å². The Hall–Kier alpha value is -3.76. The number of aryl methyl sites for hydroxylation is 1. The molecule has 0 spiro atoms. The predicted octanol–water partition coefficient (Wildman–Crippen LogP) is 3.03. The maximum atomic E-state index is 13.1. The van der Waals surface area contributed by atoms with Crippen molar-refractivity contribution in [3.63, 3.8) is 0 Å². The average molecular weight is 503 g/mol. The monoisotopic (exact) mass is 502 g/mol. The van der Waals surface area contributed by atoms with Crippen LogP contribution in [-0.4, -0.2) is 67.5 Å². The van der Waals surface area contributed by atoms with E-state index in [0.29, 0.717) is 35.0 Å². The molecule has 0 aliphatic carbocycles. The predicted molar refractivity (Wildman–Crippen MR) is 146 cm³/mol. The highest BCUT2D eigenvalue weighted by Gasteiger charge is 2.22. The van der Waals surface area contributed by atoms with Crippen molar-refractivity contribution in [2.45, 2.75) is 39.8 Å². The second-order valence-corrected chi connectivity index (χ2v) is 10.1. The molecule has 0 bridgehead atoms. The second kappa shape index (κ2) is 9.60. The van der Waals surface area contributed by atoms with Crippen molar-refractivity contribution in [1.82, 2.24) is 29.2 Å². The number of rotatable bonds is 6. The summed E-state index contributed by atoms with van der Waals surface area (Å²) in [6, 6.07) is 11.6. The number of hydrogen-bond acceptors (Lipinski definition) is 8. The van der Waals surface area contributed by atoms with Crippen LogP contribution in [0.15, 0.2) is 47.4 Å². The minimum absolute atomic E-state index is 0.188. The number of aliphatic hydroxyl groups is 1. The first-order chi connectivity index (χ1) is 17.7. The number of benzene rings is 1. The Labute approximate surface area is 216 Å². The fourth-order valence-electron chi connectivity index (χ4n) is 4.75. The lowest BCUT2D eigenvalue weighted by molar-refractivity contribution is 0.0738. The van der Waals surface area contributed by atoms with Crippen LogP contribution in [0.25, 0.3) is 16.9 Å². The third-order valence-electron chi connectivity index (χ3n) is 6.85. The van der Waals surface area contributed by atoms with Gasteiger partial charge in [-0.05, 0) is 70.6 Å². The molecule has 5 rings (SSSR count). The summed E-state index contributed by atoms with van der Waals surface area (Å²) in [6.07, 6.45) is 1.56. The van der Waals surface area contributed by atoms with E-state index in [-0.39, 0.29) is 5.56 Å². The van der Waals surface area contributed by atoms with Crippen LogP contribution in [-0.2, 0) is 12.1 Å². The number of nitrogens with zero attached hydrogens (tertiary/aromatic N) is 7. The molecule has 1 saturated heterocycles. The molecule has 1 aliphatic heterocycles. The highest BCUT2D eigenvalue weighted by Crippen LogP contribution is 2.26. The van der Waals surface area contributed by atoms with E-state index in [0.717, 1.165) is 31.9 Å². The molecule has 1 fully saturated rings. The van der Waals surface area contributed by atoms with E-state index in [1.54, 1.807) is 41.5 Å². The van der Waals surface area contributed by atoms with Gasteiger partial charge >= 0.3 is 0 Å². The molecule has 194 valence electrons. The van der Waals surface area contributed by atoms with Gasteiger partial charge in [-0.2, -0.15) is 4.98 Å². The normalized spacial score (nSPS) is 14.9. The van der Waals surface area contributed by atoms with Gasteiger partial charge in [-0.15, -0.1) is 0 Å². The van der Waals surface area contributed by atoms with E-state index in [2.05, 4.69) is 51.2 Å². The number of pyridine rings is 1. The van der Waals surface area contributed by atoms with Gasteiger partial charge in [0.1, 0.15) is 11.0 Å². The average Bonchev–Trinajstić information content (AvgIpc) is 3.15. The Kier molecular flexibility index (Phi) is 6.47. The van der Waals surface area contributed by atoms with Crippen LogP contribution < -0.4 is 15.8 Å². The molecule has 1 aromatic carbocycles. The molecular formula is C27H34N8O2. The number of nitrogens with one attached hydrogen (secondary N) is 1. The third-order valence-corrected chi connectivity index (χ3v) is 6.85. The van der Waals surface area contributed by atoms with E-state index in [9.17, 15) is 9.90 Å². The van der Waals surface area contributed by atoms with Crippen LogP contribution in [0.2, 0.25) is 0 Å². The minimum atomic E-state index is -1.12. The summed E-state index contributed by atoms with van der Waals surface area (Å²) in [6.45, 7) is 11.9. The molecular weight excluding hydrogens is 468 g/mol. The highest BCUT2D eigenvalue weighted by atomic mass is 16.3. The second-order valence-electron chi connectivity index (χ2n) is 10.1. The van der Waals surface area contributed by atoms with Crippen molar-refractivity contribution in [2.75, 3.05) is 43.4 Å². The van der Waals surface area contributed by atoms with Crippen LogP contribution in [0.3, 0.4) is 0 Å². The Balaban J connectivity index is 1.50. The Morgan fingerprint density at radius 3 is 2.51 bits per heavy atom. The van der Waals surface area contributed by atoms with Gasteiger partial charge in [0.2, 0.25) is 5.95 Å². The van der Waals surface area contributed by atoms with Crippen molar-refractivity contribution in [2.24, 2.45) is 0 Å². The standard InChI is InChI=1S/C27H34N8O2/c1-6-34-25(36)20-17-28-26(31-24(20)35(34)23-9-7-8-22(30-23)27(3,4)37)29-19-10-11-21(18(2)16-19)33-14-12-32(5)13-15-33/h7-11,16-17,37H,6,12-15H2,1-5H3,(H,28,29,31). The lowest BCUT2D eigenvalue weighted by atomic mass is 10.1. The van der Waals surface area contributed by atoms with Crippen LogP contribution in [0.1, 0.15) is 32.0 Å². The van der Waals surface area contributed by atoms with Crippen LogP contribution >= 0.6 is 0 Å². The lowest BCUT2D eigenvalue weighted by Crippen LogP contribution is -2.44. The quantitative estimate of drug-likeness (QED) is 0.415. The Morgan fingerprint density at radius 2 is 1.84 bits per heavy atom. The Morgan fingerprint density at radius 1 is 1.08 bits per heavy atom. The summed E-state index contributed by atoms with van der Waals surface area (Å²) in [5, 5.41) is 14.2. The molecule has 4 heterocycles. The molecule has 1 aliphatic rings. The number of hydrogen-bond donors (Lipinski definition) is 2. The van der Waals surface area contributed by atoms with Crippen LogP contribution in [0, 0.1) is 6.92 Å². The number of piperazine rings is 1. The van der Waals surface area contributed by atoms with Crippen molar-refractivity contribution in [1.29, 1.82) is 0 Å². The van der Waals surface area contributed by atoms with Gasteiger partial charge in [0.15, 0.2) is 11.5 Å². The van der Waals surface area contributed by atoms with Crippen molar-refractivity contribution >= 4 is 28.4 Å². The SMILES string of the molecule is CCn1c(=O)c2cnc(Nc3ccc(N4CCN(C)CC4)c(C)c3)nc2n1-c1cccc(C(C)(C)O)n1. The van der Waals surface area contributed by atoms with Gasteiger partial charge < -0.3 is 20.2 Å². The molecule has 2 N–H and O–H groups in total. The smallest absolute Gasteiger partial charge is 0.278 e. The number of likely N-dealkylation sites (N-methyl/N-ethyl adjacent to an activating group) is 1. The van der Waals surface area contributed by atoms with E-state index in [1.165, 1.54) is 11.3 Å².